The normalized spacial score (nSPS) is 8.82. The molecule has 0 aromatic carbocycles. The summed E-state index contributed by atoms with van der Waals surface area (Å²) >= 11 is 0.963. The lowest BCUT2D eigenvalue weighted by molar-refractivity contribution is -0.135. The number of esters is 1. The maximum atomic E-state index is 10.6. The van der Waals surface area contributed by atoms with E-state index < -0.39 is 5.97 Å². The van der Waals surface area contributed by atoms with Crippen LogP contribution in [0.25, 0.3) is 0 Å². The Morgan fingerprint density at radius 3 is 2.73 bits per heavy atom. The van der Waals surface area contributed by atoms with Crippen LogP contribution >= 0.6 is 11.8 Å². The van der Waals surface area contributed by atoms with Crippen molar-refractivity contribution in [2.24, 2.45) is 0 Å². The third-order valence-corrected chi connectivity index (χ3v) is 1.85. The maximum absolute atomic E-state index is 10.6. The zero-order valence-corrected chi connectivity index (χ0v) is 7.15. The number of hydrogen-bond donors (Lipinski definition) is 0. The summed E-state index contributed by atoms with van der Waals surface area (Å²) in [6, 6.07) is 0. The van der Waals surface area contributed by atoms with Crippen LogP contribution in [-0.2, 0) is 14.3 Å². The molecule has 0 fully saturated rings. The van der Waals surface area contributed by atoms with E-state index in [9.17, 15) is 9.59 Å². The van der Waals surface area contributed by atoms with Crippen molar-refractivity contribution in [2.75, 3.05) is 5.75 Å². The van der Waals surface area contributed by atoms with Crippen LogP contribution < -0.4 is 0 Å². The minimum atomic E-state index is -0.438. The van der Waals surface area contributed by atoms with Crippen molar-refractivity contribution in [1.82, 2.24) is 0 Å². The predicted octanol–water partition coefficient (Wildman–Crippen LogP) is 1.34. The Kier molecular flexibility index (Phi) is 5.56. The third-order valence-electron chi connectivity index (χ3n) is 0.854. The van der Waals surface area contributed by atoms with E-state index in [0.717, 1.165) is 18.0 Å². The van der Waals surface area contributed by atoms with Crippen molar-refractivity contribution in [3.05, 3.63) is 12.8 Å². The molecule has 11 heavy (non-hydrogen) atoms. The average molecular weight is 174 g/mol. The molecule has 0 saturated carbocycles. The first-order valence-electron chi connectivity index (χ1n) is 3.16. The summed E-state index contributed by atoms with van der Waals surface area (Å²) in [5.74, 6) is -0.370. The Hall–Kier alpha value is -0.770. The molecule has 62 valence electrons. The quantitative estimate of drug-likeness (QED) is 0.476. The first-order valence-corrected chi connectivity index (χ1v) is 4.15. The van der Waals surface area contributed by atoms with Gasteiger partial charge < -0.3 is 4.74 Å². The van der Waals surface area contributed by atoms with Crippen molar-refractivity contribution >= 4 is 22.8 Å². The SMILES string of the molecule is C=COC(=O)CSC(=O)CC. The summed E-state index contributed by atoms with van der Waals surface area (Å²) in [5.41, 5.74) is 0. The second-order valence-electron chi connectivity index (χ2n) is 1.67. The topological polar surface area (TPSA) is 43.4 Å². The van der Waals surface area contributed by atoms with Crippen LogP contribution in [0.2, 0.25) is 0 Å². The molecule has 0 N–H and O–H groups in total. The van der Waals surface area contributed by atoms with Gasteiger partial charge in [-0.25, -0.2) is 0 Å². The van der Waals surface area contributed by atoms with Gasteiger partial charge in [-0.1, -0.05) is 25.3 Å². The molecule has 0 aliphatic heterocycles. The first kappa shape index (κ1) is 10.2. The van der Waals surface area contributed by atoms with Gasteiger partial charge in [-0.15, -0.1) is 0 Å². The zero-order chi connectivity index (χ0) is 8.69. The van der Waals surface area contributed by atoms with Gasteiger partial charge in [0.2, 0.25) is 0 Å². The molecular formula is C7H10O3S. The second kappa shape index (κ2) is 5.97. The summed E-state index contributed by atoms with van der Waals surface area (Å²) in [6.45, 7) is 4.95. The Morgan fingerprint density at radius 2 is 2.27 bits per heavy atom. The number of thioether (sulfide) groups is 1. The molecule has 0 bridgehead atoms. The number of carbonyl (C=O) groups is 2. The fourth-order valence-corrected chi connectivity index (χ4v) is 0.919. The Balaban J connectivity index is 3.45. The highest BCUT2D eigenvalue weighted by Gasteiger charge is 2.04. The van der Waals surface area contributed by atoms with E-state index in [1.807, 2.05) is 0 Å². The second-order valence-corrected chi connectivity index (χ2v) is 2.70. The standard InChI is InChI=1S/C7H10O3S/c1-3-7(9)11-5-6(8)10-4-2/h4H,2-3,5H2,1H3. The van der Waals surface area contributed by atoms with E-state index in [4.69, 9.17) is 0 Å². The molecule has 0 unspecified atom stereocenters. The molecule has 0 atom stereocenters. The van der Waals surface area contributed by atoms with Crippen molar-refractivity contribution in [3.8, 4) is 0 Å². The Labute approximate surface area is 69.8 Å². The van der Waals surface area contributed by atoms with Gasteiger partial charge in [-0.2, -0.15) is 0 Å². The largest absolute Gasteiger partial charge is 0.435 e. The molecule has 0 spiro atoms. The summed E-state index contributed by atoms with van der Waals surface area (Å²) < 4.78 is 4.39. The van der Waals surface area contributed by atoms with Crippen molar-refractivity contribution in [2.45, 2.75) is 13.3 Å². The summed E-state index contributed by atoms with van der Waals surface area (Å²) in [4.78, 5) is 21.2. The fourth-order valence-electron chi connectivity index (χ4n) is 0.368. The van der Waals surface area contributed by atoms with Gasteiger partial charge in [0.05, 0.1) is 12.0 Å². The van der Waals surface area contributed by atoms with Crippen molar-refractivity contribution in [3.63, 3.8) is 0 Å². The molecule has 0 saturated heterocycles. The van der Waals surface area contributed by atoms with Crippen LogP contribution in [0, 0.1) is 0 Å². The monoisotopic (exact) mass is 174 g/mol. The van der Waals surface area contributed by atoms with E-state index in [2.05, 4.69) is 11.3 Å². The van der Waals surface area contributed by atoms with Crippen LogP contribution in [0.4, 0.5) is 0 Å². The van der Waals surface area contributed by atoms with Crippen LogP contribution in [0.5, 0.6) is 0 Å². The van der Waals surface area contributed by atoms with E-state index in [0.29, 0.717) is 6.42 Å². The van der Waals surface area contributed by atoms with Gasteiger partial charge in [0.15, 0.2) is 5.12 Å². The number of rotatable bonds is 4. The minimum absolute atomic E-state index is 0.00832. The Bertz CT molecular complexity index is 165. The summed E-state index contributed by atoms with van der Waals surface area (Å²) in [6.07, 6.45) is 1.49. The van der Waals surface area contributed by atoms with Crippen LogP contribution in [0.3, 0.4) is 0 Å². The van der Waals surface area contributed by atoms with Gasteiger partial charge in [-0.3, -0.25) is 9.59 Å². The molecule has 0 aliphatic rings. The minimum Gasteiger partial charge on any atom is -0.435 e. The van der Waals surface area contributed by atoms with Crippen molar-refractivity contribution in [1.29, 1.82) is 0 Å². The summed E-state index contributed by atoms with van der Waals surface area (Å²) in [7, 11) is 0. The average Bonchev–Trinajstić information content (AvgIpc) is 2.01. The molecule has 0 aromatic heterocycles. The highest BCUT2D eigenvalue weighted by molar-refractivity contribution is 8.14. The highest BCUT2D eigenvalue weighted by Crippen LogP contribution is 2.04. The predicted molar refractivity (Wildman–Crippen MR) is 44.0 cm³/mol. The lowest BCUT2D eigenvalue weighted by Gasteiger charge is -1.95. The molecule has 0 amide bonds. The number of hydrogen-bond acceptors (Lipinski definition) is 4. The lowest BCUT2D eigenvalue weighted by Crippen LogP contribution is -2.04. The molecule has 0 aliphatic carbocycles. The molecule has 0 aromatic rings. The molecular weight excluding hydrogens is 164 g/mol. The first-order chi connectivity index (χ1) is 5.20. The molecule has 0 rings (SSSR count). The zero-order valence-electron chi connectivity index (χ0n) is 6.33. The number of ether oxygens (including phenoxy) is 1. The molecule has 4 heteroatoms. The van der Waals surface area contributed by atoms with Gasteiger partial charge >= 0.3 is 5.97 Å². The van der Waals surface area contributed by atoms with Gasteiger partial charge in [0, 0.05) is 6.42 Å². The summed E-state index contributed by atoms with van der Waals surface area (Å²) in [5, 5.41) is -0.00832. The van der Waals surface area contributed by atoms with Gasteiger partial charge in [-0.05, 0) is 0 Å². The van der Waals surface area contributed by atoms with Crippen LogP contribution in [0.15, 0.2) is 12.8 Å². The highest BCUT2D eigenvalue weighted by atomic mass is 32.2. The third kappa shape index (κ3) is 5.66. The van der Waals surface area contributed by atoms with E-state index >= 15 is 0 Å². The number of carbonyl (C=O) groups excluding carboxylic acids is 2. The van der Waals surface area contributed by atoms with Gasteiger partial charge in [0.25, 0.3) is 0 Å². The van der Waals surface area contributed by atoms with E-state index in [-0.39, 0.29) is 10.9 Å². The van der Waals surface area contributed by atoms with Gasteiger partial charge in [0.1, 0.15) is 0 Å². The van der Waals surface area contributed by atoms with Crippen LogP contribution in [0.1, 0.15) is 13.3 Å². The molecule has 0 radical (unpaired) electrons. The fraction of sp³-hybridized carbons (Fsp3) is 0.429. The maximum Gasteiger partial charge on any atom is 0.321 e. The van der Waals surface area contributed by atoms with Crippen LogP contribution in [-0.4, -0.2) is 16.8 Å². The lowest BCUT2D eigenvalue weighted by atomic mass is 10.6. The van der Waals surface area contributed by atoms with E-state index in [1.165, 1.54) is 0 Å². The molecule has 3 nitrogen and oxygen atoms in total. The Morgan fingerprint density at radius 1 is 1.64 bits per heavy atom. The molecule has 0 heterocycles. The van der Waals surface area contributed by atoms with E-state index in [1.54, 1.807) is 6.92 Å². The van der Waals surface area contributed by atoms with Crippen molar-refractivity contribution < 1.29 is 14.3 Å². The smallest absolute Gasteiger partial charge is 0.321 e.